The summed E-state index contributed by atoms with van der Waals surface area (Å²) < 4.78 is 10.8. The molecule has 0 radical (unpaired) electrons. The van der Waals surface area contributed by atoms with Gasteiger partial charge in [0.15, 0.2) is 17.5 Å². The highest BCUT2D eigenvalue weighted by Crippen LogP contribution is 2.32. The number of nitrogens with zero attached hydrogens (tertiary/aromatic N) is 3. The molecule has 0 bridgehead atoms. The molecule has 3 rings (SSSR count). The molecule has 1 amide bonds. The molecule has 8 nitrogen and oxygen atoms in total. The van der Waals surface area contributed by atoms with Crippen molar-refractivity contribution in [2.45, 2.75) is 38.1 Å². The van der Waals surface area contributed by atoms with Gasteiger partial charge in [-0.2, -0.15) is 0 Å². The number of methoxy groups -OCH3 is 2. The van der Waals surface area contributed by atoms with Crippen LogP contribution >= 0.6 is 24.0 Å². The standard InChI is InChI=1S/C23H37N5O3.HI/c1-23(2,17-6-9-19(30-4)20(14-17)31-5)16-25-22(24-3)28-12-10-27(11-13-28)15-21(29)26-18-7-8-18;/h6,9,14,18H,7-8,10-13,15-16H2,1-5H3,(H,24,25)(H,26,29);1H. The summed E-state index contributed by atoms with van der Waals surface area (Å²) in [7, 11) is 5.12. The number of carbonyl (C=O) groups excluding carboxylic acids is 1. The van der Waals surface area contributed by atoms with Crippen molar-refractivity contribution >= 4 is 35.8 Å². The van der Waals surface area contributed by atoms with Gasteiger partial charge in [-0.15, -0.1) is 24.0 Å². The lowest BCUT2D eigenvalue weighted by molar-refractivity contribution is -0.122. The van der Waals surface area contributed by atoms with Crippen LogP contribution in [0.1, 0.15) is 32.3 Å². The SMILES string of the molecule is CN=C(NCC(C)(C)c1ccc(OC)c(OC)c1)N1CCN(CC(=O)NC2CC2)CC1.I. The Hall–Kier alpha value is -1.75. The van der Waals surface area contributed by atoms with Gasteiger partial charge in [0, 0.05) is 51.2 Å². The number of amides is 1. The molecule has 1 heterocycles. The minimum Gasteiger partial charge on any atom is -0.493 e. The fourth-order valence-electron chi connectivity index (χ4n) is 3.81. The largest absolute Gasteiger partial charge is 0.493 e. The van der Waals surface area contributed by atoms with Gasteiger partial charge in [0.05, 0.1) is 20.8 Å². The molecule has 0 aromatic heterocycles. The predicted molar refractivity (Wildman–Crippen MR) is 139 cm³/mol. The van der Waals surface area contributed by atoms with E-state index in [4.69, 9.17) is 9.47 Å². The van der Waals surface area contributed by atoms with Crippen LogP contribution in [0.5, 0.6) is 11.5 Å². The molecule has 2 N–H and O–H groups in total. The quantitative estimate of drug-likeness (QED) is 0.289. The van der Waals surface area contributed by atoms with E-state index < -0.39 is 0 Å². The van der Waals surface area contributed by atoms with Crippen LogP contribution in [0.4, 0.5) is 0 Å². The van der Waals surface area contributed by atoms with Crippen molar-refractivity contribution in [1.82, 2.24) is 20.4 Å². The minimum absolute atomic E-state index is 0. The van der Waals surface area contributed by atoms with Gasteiger partial charge in [-0.05, 0) is 30.5 Å². The number of hydrogen-bond acceptors (Lipinski definition) is 5. The first-order valence-electron chi connectivity index (χ1n) is 11.1. The normalized spacial score (nSPS) is 17.4. The molecule has 32 heavy (non-hydrogen) atoms. The Morgan fingerprint density at radius 2 is 1.78 bits per heavy atom. The van der Waals surface area contributed by atoms with E-state index in [0.717, 1.165) is 63.0 Å². The van der Waals surface area contributed by atoms with Gasteiger partial charge in [0.2, 0.25) is 5.91 Å². The van der Waals surface area contributed by atoms with E-state index in [2.05, 4.69) is 45.3 Å². The van der Waals surface area contributed by atoms with Crippen molar-refractivity contribution in [2.24, 2.45) is 4.99 Å². The molecule has 1 aliphatic heterocycles. The summed E-state index contributed by atoms with van der Waals surface area (Å²) in [6.45, 7) is 9.05. The molecule has 2 aliphatic rings. The Morgan fingerprint density at radius 3 is 2.34 bits per heavy atom. The molecule has 0 spiro atoms. The first-order valence-corrected chi connectivity index (χ1v) is 11.1. The van der Waals surface area contributed by atoms with Gasteiger partial charge in [-0.1, -0.05) is 19.9 Å². The maximum atomic E-state index is 12.0. The highest BCUT2D eigenvalue weighted by molar-refractivity contribution is 14.0. The van der Waals surface area contributed by atoms with Crippen molar-refractivity contribution in [3.05, 3.63) is 23.8 Å². The number of ether oxygens (including phenoxy) is 2. The van der Waals surface area contributed by atoms with Gasteiger partial charge >= 0.3 is 0 Å². The summed E-state index contributed by atoms with van der Waals surface area (Å²) in [5.41, 5.74) is 1.04. The molecule has 1 aromatic rings. The van der Waals surface area contributed by atoms with Gasteiger partial charge in [0.25, 0.3) is 0 Å². The van der Waals surface area contributed by atoms with E-state index in [1.165, 1.54) is 5.56 Å². The second-order valence-corrected chi connectivity index (χ2v) is 8.96. The van der Waals surface area contributed by atoms with Crippen molar-refractivity contribution in [1.29, 1.82) is 0 Å². The molecule has 0 atom stereocenters. The minimum atomic E-state index is -0.127. The monoisotopic (exact) mass is 559 g/mol. The summed E-state index contributed by atoms with van der Waals surface area (Å²) in [5.74, 6) is 2.51. The third-order valence-electron chi connectivity index (χ3n) is 6.05. The lowest BCUT2D eigenvalue weighted by Gasteiger charge is -2.37. The van der Waals surface area contributed by atoms with Crippen LogP contribution < -0.4 is 20.1 Å². The zero-order valence-corrected chi connectivity index (χ0v) is 22.3. The van der Waals surface area contributed by atoms with E-state index in [0.29, 0.717) is 12.6 Å². The molecule has 0 unspecified atom stereocenters. The highest BCUT2D eigenvalue weighted by atomic mass is 127. The first kappa shape index (κ1) is 26.5. The summed E-state index contributed by atoms with van der Waals surface area (Å²) in [4.78, 5) is 21.0. The topological polar surface area (TPSA) is 78.4 Å². The number of nitrogens with one attached hydrogen (secondary N) is 2. The Bertz CT molecular complexity index is 790. The maximum Gasteiger partial charge on any atom is 0.234 e. The highest BCUT2D eigenvalue weighted by Gasteiger charge is 2.27. The Morgan fingerprint density at radius 1 is 1.12 bits per heavy atom. The predicted octanol–water partition coefficient (Wildman–Crippen LogP) is 2.07. The summed E-state index contributed by atoms with van der Waals surface area (Å²) in [6.07, 6.45) is 2.25. The van der Waals surface area contributed by atoms with Crippen LogP contribution in [0.2, 0.25) is 0 Å². The molecule has 2 fully saturated rings. The van der Waals surface area contributed by atoms with Crippen LogP contribution in [0.25, 0.3) is 0 Å². The van der Waals surface area contributed by atoms with Gasteiger partial charge in [-0.25, -0.2) is 0 Å². The van der Waals surface area contributed by atoms with E-state index in [1.54, 1.807) is 14.2 Å². The fraction of sp³-hybridized carbons (Fsp3) is 0.652. The lowest BCUT2D eigenvalue weighted by atomic mass is 9.84. The number of guanidine groups is 1. The average molecular weight is 559 g/mol. The molecule has 1 saturated heterocycles. The average Bonchev–Trinajstić information content (AvgIpc) is 3.58. The number of benzene rings is 1. The maximum absolute atomic E-state index is 12.0. The molecule has 9 heteroatoms. The third-order valence-corrected chi connectivity index (χ3v) is 6.05. The Labute approximate surface area is 209 Å². The van der Waals surface area contributed by atoms with Gasteiger partial charge < -0.3 is 25.0 Å². The first-order chi connectivity index (χ1) is 14.9. The number of carbonyl (C=O) groups is 1. The number of halogens is 1. The van der Waals surface area contributed by atoms with Crippen LogP contribution in [0, 0.1) is 0 Å². The van der Waals surface area contributed by atoms with Crippen LogP contribution in [-0.4, -0.2) is 88.2 Å². The van der Waals surface area contributed by atoms with Gasteiger partial charge in [-0.3, -0.25) is 14.7 Å². The van der Waals surface area contributed by atoms with E-state index >= 15 is 0 Å². The lowest BCUT2D eigenvalue weighted by Crippen LogP contribution is -2.55. The Balaban J connectivity index is 0.00000363. The van der Waals surface area contributed by atoms with Crippen molar-refractivity contribution < 1.29 is 14.3 Å². The zero-order valence-electron chi connectivity index (χ0n) is 19.9. The smallest absolute Gasteiger partial charge is 0.234 e. The van der Waals surface area contributed by atoms with Crippen LogP contribution in [0.15, 0.2) is 23.2 Å². The molecule has 1 saturated carbocycles. The molecular formula is C23H38IN5O3. The van der Waals surface area contributed by atoms with E-state index in [-0.39, 0.29) is 35.3 Å². The van der Waals surface area contributed by atoms with Crippen LogP contribution in [0.3, 0.4) is 0 Å². The van der Waals surface area contributed by atoms with E-state index in [9.17, 15) is 4.79 Å². The summed E-state index contributed by atoms with van der Waals surface area (Å²) in [6, 6.07) is 6.49. The fourth-order valence-corrected chi connectivity index (χ4v) is 3.81. The number of rotatable bonds is 8. The second kappa shape index (κ2) is 11.9. The van der Waals surface area contributed by atoms with Gasteiger partial charge in [0.1, 0.15) is 0 Å². The molecular weight excluding hydrogens is 521 g/mol. The number of piperazine rings is 1. The van der Waals surface area contributed by atoms with Crippen molar-refractivity contribution in [3.8, 4) is 11.5 Å². The molecule has 1 aliphatic carbocycles. The second-order valence-electron chi connectivity index (χ2n) is 8.96. The molecule has 1 aromatic carbocycles. The molecule has 180 valence electrons. The summed E-state index contributed by atoms with van der Waals surface area (Å²) in [5, 5.41) is 6.61. The third kappa shape index (κ3) is 7.13. The van der Waals surface area contributed by atoms with E-state index in [1.807, 2.05) is 19.2 Å². The Kier molecular flexibility index (Phi) is 9.87. The summed E-state index contributed by atoms with van der Waals surface area (Å²) >= 11 is 0. The van der Waals surface area contributed by atoms with Crippen LogP contribution in [-0.2, 0) is 10.2 Å². The zero-order chi connectivity index (χ0) is 22.4. The van der Waals surface area contributed by atoms with Crippen molar-refractivity contribution in [2.75, 3.05) is 60.5 Å². The van der Waals surface area contributed by atoms with Crippen molar-refractivity contribution in [3.63, 3.8) is 0 Å². The number of aliphatic imine (C=N–C) groups is 1. The number of hydrogen-bond donors (Lipinski definition) is 2.